The zero-order valence-corrected chi connectivity index (χ0v) is 15.2. The van der Waals surface area contributed by atoms with Crippen molar-refractivity contribution in [2.45, 2.75) is 31.1 Å². The maximum absolute atomic E-state index is 13.1. The summed E-state index contributed by atoms with van der Waals surface area (Å²) in [6.45, 7) is 2.15. The molecular weight excluding hydrogens is 367 g/mol. The Morgan fingerprint density at radius 3 is 2.39 bits per heavy atom. The molecule has 146 valence electrons. The number of likely N-dealkylation sites (tertiary alicyclic amines) is 1. The van der Waals surface area contributed by atoms with Crippen molar-refractivity contribution in [3.05, 3.63) is 65.7 Å². The minimum absolute atomic E-state index is 0.274. The second-order valence-electron chi connectivity index (χ2n) is 7.26. The van der Waals surface area contributed by atoms with E-state index in [-0.39, 0.29) is 5.91 Å². The standard InChI is InChI=1S/C21H20F3N3O/c22-21(23,24)17-7-4-8-18(13-17)27-15-25-19(28)20(27)9-11-26(12-10-20)14-16-5-2-1-3-6-16/h1-8,13,15H,9-12,14H2. The molecule has 4 nitrogen and oxygen atoms in total. The van der Waals surface area contributed by atoms with E-state index in [4.69, 9.17) is 0 Å². The van der Waals surface area contributed by atoms with Gasteiger partial charge in [-0.05, 0) is 36.6 Å². The van der Waals surface area contributed by atoms with Gasteiger partial charge in [0.05, 0.1) is 11.9 Å². The van der Waals surface area contributed by atoms with Crippen molar-refractivity contribution < 1.29 is 18.0 Å². The SMILES string of the molecule is O=C1N=CN(c2cccc(C(F)(F)F)c2)C12CCN(Cc1ccccc1)CC2. The van der Waals surface area contributed by atoms with E-state index in [2.05, 4.69) is 22.0 Å². The van der Waals surface area contributed by atoms with Crippen LogP contribution in [0, 0.1) is 0 Å². The number of halogens is 3. The van der Waals surface area contributed by atoms with Crippen LogP contribution in [0.1, 0.15) is 24.0 Å². The number of benzene rings is 2. The molecule has 7 heteroatoms. The molecule has 0 saturated carbocycles. The second kappa shape index (κ2) is 7.05. The van der Waals surface area contributed by atoms with Crippen molar-refractivity contribution in [2.24, 2.45) is 4.99 Å². The van der Waals surface area contributed by atoms with E-state index in [0.29, 0.717) is 31.6 Å². The lowest BCUT2D eigenvalue weighted by Gasteiger charge is -2.43. The lowest BCUT2D eigenvalue weighted by atomic mass is 9.85. The first-order valence-electron chi connectivity index (χ1n) is 9.20. The van der Waals surface area contributed by atoms with Crippen molar-refractivity contribution in [3.8, 4) is 0 Å². The highest BCUT2D eigenvalue weighted by atomic mass is 19.4. The molecule has 0 N–H and O–H groups in total. The van der Waals surface area contributed by atoms with Gasteiger partial charge in [0.15, 0.2) is 0 Å². The first kappa shape index (κ1) is 18.7. The van der Waals surface area contributed by atoms with E-state index in [1.165, 1.54) is 18.0 Å². The van der Waals surface area contributed by atoms with Crippen LogP contribution in [0.25, 0.3) is 0 Å². The molecule has 28 heavy (non-hydrogen) atoms. The van der Waals surface area contributed by atoms with Crippen molar-refractivity contribution >= 4 is 17.9 Å². The summed E-state index contributed by atoms with van der Waals surface area (Å²) in [5.74, 6) is -0.274. The average molecular weight is 387 g/mol. The van der Waals surface area contributed by atoms with Crippen LogP contribution in [0.4, 0.5) is 18.9 Å². The normalized spacial score (nSPS) is 19.5. The number of rotatable bonds is 3. The van der Waals surface area contributed by atoms with E-state index >= 15 is 0 Å². The van der Waals surface area contributed by atoms with Crippen molar-refractivity contribution in [2.75, 3.05) is 18.0 Å². The Kier molecular flexibility index (Phi) is 4.71. The number of piperidine rings is 1. The van der Waals surface area contributed by atoms with Gasteiger partial charge in [-0.15, -0.1) is 0 Å². The second-order valence-corrected chi connectivity index (χ2v) is 7.26. The fourth-order valence-electron chi connectivity index (χ4n) is 3.97. The van der Waals surface area contributed by atoms with Crippen LogP contribution < -0.4 is 4.90 Å². The van der Waals surface area contributed by atoms with Gasteiger partial charge >= 0.3 is 6.18 Å². The molecule has 0 radical (unpaired) electrons. The van der Waals surface area contributed by atoms with Gasteiger partial charge in [-0.2, -0.15) is 13.2 Å². The highest BCUT2D eigenvalue weighted by molar-refractivity contribution is 6.08. The van der Waals surface area contributed by atoms with Gasteiger partial charge in [0.1, 0.15) is 5.54 Å². The molecule has 0 atom stereocenters. The summed E-state index contributed by atoms with van der Waals surface area (Å²) in [6.07, 6.45) is -2.00. The zero-order chi connectivity index (χ0) is 19.8. The molecule has 2 aromatic rings. The summed E-state index contributed by atoms with van der Waals surface area (Å²) < 4.78 is 39.3. The number of hydrogen-bond acceptors (Lipinski definition) is 3. The lowest BCUT2D eigenvalue weighted by Crippen LogP contribution is -2.56. The number of anilines is 1. The monoisotopic (exact) mass is 387 g/mol. The third-order valence-corrected chi connectivity index (χ3v) is 5.53. The molecule has 0 aliphatic carbocycles. The Morgan fingerprint density at radius 1 is 1.00 bits per heavy atom. The Morgan fingerprint density at radius 2 is 1.71 bits per heavy atom. The maximum atomic E-state index is 13.1. The van der Waals surface area contributed by atoms with Crippen LogP contribution in [-0.4, -0.2) is 35.8 Å². The van der Waals surface area contributed by atoms with Gasteiger partial charge in [0, 0.05) is 25.3 Å². The third-order valence-electron chi connectivity index (χ3n) is 5.53. The van der Waals surface area contributed by atoms with Crippen LogP contribution in [0.3, 0.4) is 0 Å². The van der Waals surface area contributed by atoms with Crippen LogP contribution in [-0.2, 0) is 17.5 Å². The molecule has 2 heterocycles. The molecule has 4 rings (SSSR count). The summed E-state index contributed by atoms with van der Waals surface area (Å²) in [5, 5.41) is 0. The Hall–Kier alpha value is -2.67. The van der Waals surface area contributed by atoms with Gasteiger partial charge in [0.25, 0.3) is 5.91 Å². The number of amides is 1. The molecule has 0 unspecified atom stereocenters. The first-order valence-corrected chi connectivity index (χ1v) is 9.20. The molecule has 2 aromatic carbocycles. The molecule has 1 fully saturated rings. The van der Waals surface area contributed by atoms with Crippen LogP contribution in [0.2, 0.25) is 0 Å². The van der Waals surface area contributed by atoms with E-state index in [9.17, 15) is 18.0 Å². The molecule has 2 aliphatic heterocycles. The molecule has 1 saturated heterocycles. The van der Waals surface area contributed by atoms with Gasteiger partial charge < -0.3 is 4.90 Å². The quantitative estimate of drug-likeness (QED) is 0.795. The fourth-order valence-corrected chi connectivity index (χ4v) is 3.97. The minimum Gasteiger partial charge on any atom is -0.317 e. The summed E-state index contributed by atoms with van der Waals surface area (Å²) >= 11 is 0. The van der Waals surface area contributed by atoms with Crippen molar-refractivity contribution in [1.29, 1.82) is 0 Å². The van der Waals surface area contributed by atoms with Crippen molar-refractivity contribution in [1.82, 2.24) is 4.90 Å². The smallest absolute Gasteiger partial charge is 0.317 e. The lowest BCUT2D eigenvalue weighted by molar-refractivity contribution is -0.137. The predicted octanol–water partition coefficient (Wildman–Crippen LogP) is 4.12. The molecule has 1 spiro atoms. The van der Waals surface area contributed by atoms with Crippen LogP contribution >= 0.6 is 0 Å². The van der Waals surface area contributed by atoms with Gasteiger partial charge in [0.2, 0.25) is 0 Å². The number of aliphatic imine (C=N–C) groups is 1. The van der Waals surface area contributed by atoms with Crippen molar-refractivity contribution in [3.63, 3.8) is 0 Å². The highest BCUT2D eigenvalue weighted by Gasteiger charge is 2.49. The predicted molar refractivity (Wildman–Crippen MR) is 101 cm³/mol. The number of nitrogens with zero attached hydrogens (tertiary/aromatic N) is 3. The van der Waals surface area contributed by atoms with Crippen LogP contribution in [0.5, 0.6) is 0 Å². The van der Waals surface area contributed by atoms with Gasteiger partial charge in [-0.25, -0.2) is 4.99 Å². The zero-order valence-electron chi connectivity index (χ0n) is 15.2. The Bertz CT molecular complexity index is 887. The Balaban J connectivity index is 1.53. The number of hydrogen-bond donors (Lipinski definition) is 0. The van der Waals surface area contributed by atoms with E-state index in [1.807, 2.05) is 18.2 Å². The van der Waals surface area contributed by atoms with E-state index in [1.54, 1.807) is 11.0 Å². The maximum Gasteiger partial charge on any atom is 0.416 e. The summed E-state index contributed by atoms with van der Waals surface area (Å²) in [7, 11) is 0. The van der Waals surface area contributed by atoms with Gasteiger partial charge in [-0.1, -0.05) is 36.4 Å². The summed E-state index contributed by atoms with van der Waals surface area (Å²) in [5.41, 5.74) is -0.0743. The third kappa shape index (κ3) is 3.42. The molecule has 1 amide bonds. The summed E-state index contributed by atoms with van der Waals surface area (Å²) in [6, 6.07) is 15.2. The van der Waals surface area contributed by atoms with Gasteiger partial charge in [-0.3, -0.25) is 9.69 Å². The average Bonchev–Trinajstić information content (AvgIpc) is 3.00. The Labute approximate surface area is 161 Å². The number of carbonyl (C=O) groups is 1. The first-order chi connectivity index (χ1) is 13.4. The van der Waals surface area contributed by atoms with E-state index in [0.717, 1.165) is 18.7 Å². The molecular formula is C21H20F3N3O. The molecule has 0 bridgehead atoms. The number of alkyl halides is 3. The largest absolute Gasteiger partial charge is 0.416 e. The highest BCUT2D eigenvalue weighted by Crippen LogP contribution is 2.39. The number of carbonyl (C=O) groups excluding carboxylic acids is 1. The van der Waals surface area contributed by atoms with Crippen LogP contribution in [0.15, 0.2) is 59.6 Å². The van der Waals surface area contributed by atoms with E-state index < -0.39 is 17.3 Å². The summed E-state index contributed by atoms with van der Waals surface area (Å²) in [4.78, 5) is 20.4. The minimum atomic E-state index is -4.43. The fraction of sp³-hybridized carbons (Fsp3) is 0.333. The molecule has 0 aromatic heterocycles. The molecule has 2 aliphatic rings. The topological polar surface area (TPSA) is 35.9 Å².